The molecular weight excluding hydrogens is 358 g/mol. The number of ketones is 1. The Morgan fingerprint density at radius 3 is 2.28 bits per heavy atom. The number of anilines is 2. The SMILES string of the molecule is O=C1C[C@@H](c2ccccc2)Cc2[nH]c(-c3ccncc3)c(Nc3ccccc3)c21. The van der Waals surface area contributed by atoms with Crippen LogP contribution in [0.5, 0.6) is 0 Å². The number of nitrogens with one attached hydrogen (secondary N) is 2. The number of rotatable bonds is 4. The molecule has 1 atom stereocenters. The second kappa shape index (κ2) is 7.40. The van der Waals surface area contributed by atoms with E-state index in [1.54, 1.807) is 12.4 Å². The molecule has 0 bridgehead atoms. The highest BCUT2D eigenvalue weighted by molar-refractivity contribution is 6.07. The normalized spacial score (nSPS) is 15.7. The quantitative estimate of drug-likeness (QED) is 0.476. The molecule has 0 fully saturated rings. The molecule has 1 aliphatic rings. The highest BCUT2D eigenvalue weighted by Crippen LogP contribution is 2.41. The third kappa shape index (κ3) is 3.34. The standard InChI is InChI=1S/C25H21N3O/c29-22-16-19(17-7-3-1-4-8-17)15-21-23(22)25(27-20-9-5-2-6-10-20)24(28-21)18-11-13-26-14-12-18/h1-14,19,27-28H,15-16H2/t19-/m0/s1. The van der Waals surface area contributed by atoms with Crippen molar-refractivity contribution >= 4 is 17.2 Å². The second-order valence-electron chi connectivity index (χ2n) is 7.39. The Balaban J connectivity index is 1.61. The number of fused-ring (bicyclic) bond motifs is 1. The van der Waals surface area contributed by atoms with Gasteiger partial charge in [0, 0.05) is 35.8 Å². The minimum Gasteiger partial charge on any atom is -0.356 e. The summed E-state index contributed by atoms with van der Waals surface area (Å²) in [6.07, 6.45) is 4.89. The molecule has 2 aromatic carbocycles. The highest BCUT2D eigenvalue weighted by atomic mass is 16.1. The van der Waals surface area contributed by atoms with Crippen molar-refractivity contribution in [2.24, 2.45) is 0 Å². The molecule has 0 amide bonds. The van der Waals surface area contributed by atoms with Crippen LogP contribution in [0.2, 0.25) is 0 Å². The molecule has 4 aromatic rings. The van der Waals surface area contributed by atoms with E-state index in [-0.39, 0.29) is 11.7 Å². The Morgan fingerprint density at radius 2 is 1.55 bits per heavy atom. The van der Waals surface area contributed by atoms with Gasteiger partial charge in [-0.1, -0.05) is 48.5 Å². The first kappa shape index (κ1) is 17.4. The fraction of sp³-hybridized carbons (Fsp3) is 0.120. The molecule has 0 radical (unpaired) electrons. The van der Waals surface area contributed by atoms with Crippen molar-refractivity contribution in [3.63, 3.8) is 0 Å². The van der Waals surface area contributed by atoms with Gasteiger partial charge in [-0.05, 0) is 42.2 Å². The first-order valence-electron chi connectivity index (χ1n) is 9.85. The van der Waals surface area contributed by atoms with E-state index in [2.05, 4.69) is 27.4 Å². The summed E-state index contributed by atoms with van der Waals surface area (Å²) >= 11 is 0. The summed E-state index contributed by atoms with van der Waals surface area (Å²) < 4.78 is 0. The molecule has 0 unspecified atom stereocenters. The number of aromatic amines is 1. The van der Waals surface area contributed by atoms with Crippen LogP contribution in [-0.4, -0.2) is 15.8 Å². The van der Waals surface area contributed by atoms with Crippen LogP contribution in [-0.2, 0) is 6.42 Å². The number of nitrogens with zero attached hydrogens (tertiary/aromatic N) is 1. The lowest BCUT2D eigenvalue weighted by atomic mass is 9.82. The van der Waals surface area contributed by atoms with Crippen molar-refractivity contribution in [2.75, 3.05) is 5.32 Å². The van der Waals surface area contributed by atoms with E-state index in [4.69, 9.17) is 0 Å². The van der Waals surface area contributed by atoms with Gasteiger partial charge in [-0.15, -0.1) is 0 Å². The predicted octanol–water partition coefficient (Wildman–Crippen LogP) is 5.73. The maximum Gasteiger partial charge on any atom is 0.167 e. The molecule has 2 aromatic heterocycles. The van der Waals surface area contributed by atoms with Gasteiger partial charge in [0.25, 0.3) is 0 Å². The van der Waals surface area contributed by atoms with E-state index in [0.29, 0.717) is 6.42 Å². The van der Waals surface area contributed by atoms with Gasteiger partial charge < -0.3 is 10.3 Å². The molecule has 0 spiro atoms. The summed E-state index contributed by atoms with van der Waals surface area (Å²) in [7, 11) is 0. The van der Waals surface area contributed by atoms with Gasteiger partial charge >= 0.3 is 0 Å². The lowest BCUT2D eigenvalue weighted by Crippen LogP contribution is -2.18. The molecule has 4 nitrogen and oxygen atoms in total. The molecular formula is C25H21N3O. The van der Waals surface area contributed by atoms with Crippen LogP contribution in [0.15, 0.2) is 85.2 Å². The van der Waals surface area contributed by atoms with Crippen LogP contribution in [0, 0.1) is 0 Å². The van der Waals surface area contributed by atoms with Crippen LogP contribution in [0.25, 0.3) is 11.3 Å². The van der Waals surface area contributed by atoms with E-state index in [9.17, 15) is 4.79 Å². The zero-order valence-electron chi connectivity index (χ0n) is 15.9. The summed E-state index contributed by atoms with van der Waals surface area (Å²) in [6, 6.07) is 24.2. The van der Waals surface area contributed by atoms with Gasteiger partial charge in [0.2, 0.25) is 0 Å². The molecule has 0 aliphatic heterocycles. The Hall–Kier alpha value is -3.66. The fourth-order valence-electron chi connectivity index (χ4n) is 4.14. The Labute approximate surface area is 169 Å². The Kier molecular flexibility index (Phi) is 4.45. The summed E-state index contributed by atoms with van der Waals surface area (Å²) in [6.45, 7) is 0. The Bertz CT molecular complexity index is 1130. The number of Topliss-reactive ketones (excluding diaryl/α,β-unsaturated/α-hetero) is 1. The molecule has 5 rings (SSSR count). The number of carbonyl (C=O) groups is 1. The largest absolute Gasteiger partial charge is 0.356 e. The van der Waals surface area contributed by atoms with Crippen molar-refractivity contribution in [3.05, 3.63) is 102 Å². The zero-order chi connectivity index (χ0) is 19.6. The number of H-pyrrole nitrogens is 1. The molecule has 0 saturated heterocycles. The van der Waals surface area contributed by atoms with E-state index in [1.807, 2.05) is 60.7 Å². The lowest BCUT2D eigenvalue weighted by molar-refractivity contribution is 0.0965. The Morgan fingerprint density at radius 1 is 0.862 bits per heavy atom. The second-order valence-corrected chi connectivity index (χ2v) is 7.39. The van der Waals surface area contributed by atoms with Gasteiger partial charge in [0.15, 0.2) is 5.78 Å². The van der Waals surface area contributed by atoms with E-state index in [1.165, 1.54) is 5.56 Å². The van der Waals surface area contributed by atoms with Gasteiger partial charge in [-0.25, -0.2) is 0 Å². The third-order valence-electron chi connectivity index (χ3n) is 5.52. The lowest BCUT2D eigenvalue weighted by Gasteiger charge is -2.22. The maximum atomic E-state index is 13.3. The molecule has 4 heteroatoms. The molecule has 142 valence electrons. The van der Waals surface area contributed by atoms with Crippen LogP contribution in [0.1, 0.15) is 34.0 Å². The van der Waals surface area contributed by atoms with Crippen LogP contribution >= 0.6 is 0 Å². The van der Waals surface area contributed by atoms with Crippen molar-refractivity contribution in [3.8, 4) is 11.3 Å². The topological polar surface area (TPSA) is 57.8 Å². The minimum absolute atomic E-state index is 0.176. The van der Waals surface area contributed by atoms with Crippen molar-refractivity contribution in [2.45, 2.75) is 18.8 Å². The summed E-state index contributed by atoms with van der Waals surface area (Å²) in [5.41, 5.74) is 6.76. The summed E-state index contributed by atoms with van der Waals surface area (Å²) in [5, 5.41) is 3.49. The third-order valence-corrected chi connectivity index (χ3v) is 5.52. The smallest absolute Gasteiger partial charge is 0.167 e. The van der Waals surface area contributed by atoms with Crippen molar-refractivity contribution in [1.29, 1.82) is 0 Å². The maximum absolute atomic E-state index is 13.3. The van der Waals surface area contributed by atoms with Crippen LogP contribution in [0.4, 0.5) is 11.4 Å². The van der Waals surface area contributed by atoms with Gasteiger partial charge in [-0.3, -0.25) is 9.78 Å². The monoisotopic (exact) mass is 379 g/mol. The average molecular weight is 379 g/mol. The predicted molar refractivity (Wildman–Crippen MR) is 116 cm³/mol. The number of para-hydroxylation sites is 1. The number of pyridine rings is 1. The minimum atomic E-state index is 0.176. The van der Waals surface area contributed by atoms with Crippen LogP contribution in [0.3, 0.4) is 0 Å². The van der Waals surface area contributed by atoms with E-state index >= 15 is 0 Å². The van der Waals surface area contributed by atoms with Gasteiger partial charge in [-0.2, -0.15) is 0 Å². The fourth-order valence-corrected chi connectivity index (χ4v) is 4.14. The summed E-state index contributed by atoms with van der Waals surface area (Å²) in [5.74, 6) is 0.375. The first-order valence-corrected chi connectivity index (χ1v) is 9.85. The number of aromatic nitrogens is 2. The number of carbonyl (C=O) groups excluding carboxylic acids is 1. The van der Waals surface area contributed by atoms with Gasteiger partial charge in [0.05, 0.1) is 16.9 Å². The molecule has 1 aliphatic carbocycles. The zero-order valence-corrected chi connectivity index (χ0v) is 15.9. The van der Waals surface area contributed by atoms with E-state index in [0.717, 1.165) is 40.3 Å². The highest BCUT2D eigenvalue weighted by Gasteiger charge is 2.32. The summed E-state index contributed by atoms with van der Waals surface area (Å²) in [4.78, 5) is 20.9. The average Bonchev–Trinajstić information content (AvgIpc) is 3.14. The number of benzene rings is 2. The van der Waals surface area contributed by atoms with Crippen molar-refractivity contribution < 1.29 is 4.79 Å². The number of hydrogen-bond acceptors (Lipinski definition) is 3. The molecule has 2 N–H and O–H groups in total. The van der Waals surface area contributed by atoms with Gasteiger partial charge in [0.1, 0.15) is 0 Å². The van der Waals surface area contributed by atoms with Crippen LogP contribution < -0.4 is 5.32 Å². The molecule has 0 saturated carbocycles. The molecule has 29 heavy (non-hydrogen) atoms. The van der Waals surface area contributed by atoms with E-state index < -0.39 is 0 Å². The van der Waals surface area contributed by atoms with Crippen molar-refractivity contribution in [1.82, 2.24) is 9.97 Å². The first-order chi connectivity index (χ1) is 14.3. The molecule has 2 heterocycles. The number of hydrogen-bond donors (Lipinski definition) is 2.